The number of rotatable bonds is 5. The summed E-state index contributed by atoms with van der Waals surface area (Å²) in [5, 5.41) is -0.170. The molecule has 1 aliphatic heterocycles. The summed E-state index contributed by atoms with van der Waals surface area (Å²) in [6.45, 7) is 1.61. The number of nitrogens with zero attached hydrogens (tertiary/aromatic N) is 2. The van der Waals surface area contributed by atoms with Crippen molar-refractivity contribution < 1.29 is 9.18 Å². The van der Waals surface area contributed by atoms with Crippen LogP contribution >= 0.6 is 24.2 Å². The van der Waals surface area contributed by atoms with Gasteiger partial charge in [-0.15, -0.1) is 24.2 Å². The zero-order valence-electron chi connectivity index (χ0n) is 11.7. The molecule has 1 fully saturated rings. The molecule has 0 bridgehead atoms. The Labute approximate surface area is 129 Å². The van der Waals surface area contributed by atoms with Gasteiger partial charge in [0.05, 0.1) is 5.75 Å². The second-order valence-electron chi connectivity index (χ2n) is 4.93. The number of hydrogen-bond donors (Lipinski definition) is 0. The van der Waals surface area contributed by atoms with Crippen LogP contribution in [0.1, 0.15) is 17.4 Å². The van der Waals surface area contributed by atoms with Crippen LogP contribution in [-0.2, 0) is 4.79 Å². The van der Waals surface area contributed by atoms with E-state index in [1.807, 2.05) is 20.2 Å². The molecule has 0 radical (unpaired) electrons. The molecule has 1 atom stereocenters. The van der Waals surface area contributed by atoms with E-state index < -0.39 is 0 Å². The Kier molecular flexibility index (Phi) is 6.79. The highest BCUT2D eigenvalue weighted by molar-refractivity contribution is 8.00. The largest absolute Gasteiger partial charge is 0.326 e. The SMILES string of the molecule is CN(C)CCCN1C(=O)CSC1c1ccccc1F.Cl. The third-order valence-corrected chi connectivity index (χ3v) is 4.38. The van der Waals surface area contributed by atoms with Crippen LogP contribution in [0.5, 0.6) is 0 Å². The molecule has 1 aromatic rings. The highest BCUT2D eigenvalue weighted by Gasteiger charge is 2.33. The van der Waals surface area contributed by atoms with Crippen molar-refractivity contribution in [2.45, 2.75) is 11.8 Å². The second kappa shape index (κ2) is 7.86. The van der Waals surface area contributed by atoms with Crippen LogP contribution in [-0.4, -0.2) is 48.6 Å². The van der Waals surface area contributed by atoms with E-state index in [0.717, 1.165) is 13.0 Å². The maximum absolute atomic E-state index is 13.8. The molecule has 3 nitrogen and oxygen atoms in total. The van der Waals surface area contributed by atoms with Crippen molar-refractivity contribution in [1.29, 1.82) is 0 Å². The summed E-state index contributed by atoms with van der Waals surface area (Å²) in [5.74, 6) is 0.324. The summed E-state index contributed by atoms with van der Waals surface area (Å²) in [4.78, 5) is 15.8. The van der Waals surface area contributed by atoms with Crippen molar-refractivity contribution in [2.24, 2.45) is 0 Å². The summed E-state index contributed by atoms with van der Waals surface area (Å²) >= 11 is 1.51. The summed E-state index contributed by atoms with van der Waals surface area (Å²) in [5.41, 5.74) is 0.614. The molecule has 1 saturated heterocycles. The highest BCUT2D eigenvalue weighted by Crippen LogP contribution is 2.39. The molecule has 6 heteroatoms. The smallest absolute Gasteiger partial charge is 0.233 e. The first-order valence-electron chi connectivity index (χ1n) is 6.40. The average Bonchev–Trinajstić information content (AvgIpc) is 2.72. The number of hydrogen-bond acceptors (Lipinski definition) is 3. The van der Waals surface area contributed by atoms with Gasteiger partial charge >= 0.3 is 0 Å². The standard InChI is InChI=1S/C14H19FN2OS.ClH/c1-16(2)8-5-9-17-13(18)10-19-14(17)11-6-3-4-7-12(11)15;/h3-4,6-7,14H,5,8-10H2,1-2H3;1H. The third-order valence-electron chi connectivity index (χ3n) is 3.14. The predicted octanol–water partition coefficient (Wildman–Crippen LogP) is 2.77. The van der Waals surface area contributed by atoms with E-state index in [1.54, 1.807) is 17.0 Å². The molecule has 0 spiro atoms. The first kappa shape index (κ1) is 17.3. The van der Waals surface area contributed by atoms with Gasteiger partial charge in [0.15, 0.2) is 0 Å². The van der Waals surface area contributed by atoms with E-state index in [2.05, 4.69) is 4.90 Å². The maximum atomic E-state index is 13.8. The van der Waals surface area contributed by atoms with Crippen molar-refractivity contribution in [1.82, 2.24) is 9.80 Å². The van der Waals surface area contributed by atoms with E-state index >= 15 is 0 Å². The van der Waals surface area contributed by atoms with Gasteiger partial charge in [0.25, 0.3) is 0 Å². The second-order valence-corrected chi connectivity index (χ2v) is 6.00. The Morgan fingerprint density at radius 1 is 1.40 bits per heavy atom. The summed E-state index contributed by atoms with van der Waals surface area (Å²) in [6.07, 6.45) is 0.907. The Balaban J connectivity index is 0.00000200. The Hall–Kier alpha value is -0.780. The molecule has 0 aromatic heterocycles. The van der Waals surface area contributed by atoms with Crippen molar-refractivity contribution in [3.05, 3.63) is 35.6 Å². The minimum absolute atomic E-state index is 0. The lowest BCUT2D eigenvalue weighted by molar-refractivity contribution is -0.128. The van der Waals surface area contributed by atoms with E-state index in [1.165, 1.54) is 17.8 Å². The van der Waals surface area contributed by atoms with Gasteiger partial charge in [0.2, 0.25) is 5.91 Å². The van der Waals surface area contributed by atoms with Gasteiger partial charge in [-0.05, 0) is 33.1 Å². The van der Waals surface area contributed by atoms with Gasteiger partial charge in [0, 0.05) is 12.1 Å². The molecule has 0 aliphatic carbocycles. The Morgan fingerprint density at radius 2 is 2.10 bits per heavy atom. The van der Waals surface area contributed by atoms with E-state index in [0.29, 0.717) is 17.9 Å². The van der Waals surface area contributed by atoms with E-state index in [-0.39, 0.29) is 29.5 Å². The maximum Gasteiger partial charge on any atom is 0.233 e. The third kappa shape index (κ3) is 4.11. The van der Waals surface area contributed by atoms with E-state index in [9.17, 15) is 9.18 Å². The zero-order valence-corrected chi connectivity index (χ0v) is 13.3. The fraction of sp³-hybridized carbons (Fsp3) is 0.500. The van der Waals surface area contributed by atoms with Gasteiger partial charge in [0.1, 0.15) is 11.2 Å². The molecule has 0 N–H and O–H groups in total. The number of amides is 1. The van der Waals surface area contributed by atoms with Crippen molar-refractivity contribution in [3.63, 3.8) is 0 Å². The number of benzene rings is 1. The van der Waals surface area contributed by atoms with Gasteiger partial charge in [-0.3, -0.25) is 4.79 Å². The number of carbonyl (C=O) groups excluding carboxylic acids is 1. The molecule has 1 aliphatic rings. The molecular weight excluding hydrogens is 299 g/mol. The molecule has 1 unspecified atom stereocenters. The first-order chi connectivity index (χ1) is 9.09. The van der Waals surface area contributed by atoms with Crippen LogP contribution < -0.4 is 0 Å². The van der Waals surface area contributed by atoms with Crippen LogP contribution in [0.25, 0.3) is 0 Å². The van der Waals surface area contributed by atoms with Crippen LogP contribution in [0.15, 0.2) is 24.3 Å². The molecular formula is C14H20ClFN2OS. The Morgan fingerprint density at radius 3 is 2.75 bits per heavy atom. The molecule has 20 heavy (non-hydrogen) atoms. The lowest BCUT2D eigenvalue weighted by atomic mass is 10.2. The number of carbonyl (C=O) groups is 1. The van der Waals surface area contributed by atoms with Gasteiger partial charge in [-0.1, -0.05) is 18.2 Å². The van der Waals surface area contributed by atoms with Crippen molar-refractivity contribution in [3.8, 4) is 0 Å². The number of halogens is 2. The van der Waals surface area contributed by atoms with Gasteiger partial charge in [-0.25, -0.2) is 4.39 Å². The van der Waals surface area contributed by atoms with Crippen LogP contribution in [0.2, 0.25) is 0 Å². The fourth-order valence-electron chi connectivity index (χ4n) is 2.19. The topological polar surface area (TPSA) is 23.6 Å². The normalized spacial score (nSPS) is 18.5. The minimum Gasteiger partial charge on any atom is -0.326 e. The summed E-state index contributed by atoms with van der Waals surface area (Å²) in [6, 6.07) is 6.72. The summed E-state index contributed by atoms with van der Waals surface area (Å²) in [7, 11) is 4.02. The van der Waals surface area contributed by atoms with Crippen LogP contribution in [0, 0.1) is 5.82 Å². The molecule has 1 amide bonds. The monoisotopic (exact) mass is 318 g/mol. The molecule has 2 rings (SSSR count). The fourth-order valence-corrected chi connectivity index (χ4v) is 3.43. The molecule has 0 saturated carbocycles. The van der Waals surface area contributed by atoms with Crippen molar-refractivity contribution in [2.75, 3.05) is 32.9 Å². The zero-order chi connectivity index (χ0) is 13.8. The van der Waals surface area contributed by atoms with Crippen LogP contribution in [0.3, 0.4) is 0 Å². The molecule has 1 aromatic carbocycles. The molecule has 112 valence electrons. The summed E-state index contributed by atoms with van der Waals surface area (Å²) < 4.78 is 13.8. The molecule has 1 heterocycles. The average molecular weight is 319 g/mol. The first-order valence-corrected chi connectivity index (χ1v) is 7.44. The van der Waals surface area contributed by atoms with Crippen molar-refractivity contribution >= 4 is 30.1 Å². The van der Waals surface area contributed by atoms with Gasteiger partial charge < -0.3 is 9.80 Å². The predicted molar refractivity (Wildman–Crippen MR) is 83.7 cm³/mol. The highest BCUT2D eigenvalue weighted by atomic mass is 35.5. The minimum atomic E-state index is -0.229. The lowest BCUT2D eigenvalue weighted by Crippen LogP contribution is -2.31. The lowest BCUT2D eigenvalue weighted by Gasteiger charge is -2.25. The Bertz CT molecular complexity index is 459. The number of thioether (sulfide) groups is 1. The quantitative estimate of drug-likeness (QED) is 0.834. The van der Waals surface area contributed by atoms with Gasteiger partial charge in [-0.2, -0.15) is 0 Å². The van der Waals surface area contributed by atoms with E-state index in [4.69, 9.17) is 0 Å². The van der Waals surface area contributed by atoms with Crippen LogP contribution in [0.4, 0.5) is 4.39 Å².